The molecule has 0 N–H and O–H groups in total. The maximum absolute atomic E-state index is 5.68. The van der Waals surface area contributed by atoms with Crippen LogP contribution in [0.5, 0.6) is 17.2 Å². The fraction of sp³-hybridized carbons (Fsp3) is 0.222. The van der Waals surface area contributed by atoms with Crippen LogP contribution in [0, 0.1) is 0 Å². The Bertz CT molecular complexity index is 817. The third-order valence-corrected chi connectivity index (χ3v) is 3.74. The average Bonchev–Trinajstić information content (AvgIpc) is 3.25. The summed E-state index contributed by atoms with van der Waals surface area (Å²) in [6.45, 7) is 1.50. The molecule has 24 heavy (non-hydrogen) atoms. The fourth-order valence-corrected chi connectivity index (χ4v) is 2.55. The van der Waals surface area contributed by atoms with Gasteiger partial charge in [0.25, 0.3) is 0 Å². The Kier molecular flexibility index (Phi) is 4.02. The first-order chi connectivity index (χ1) is 11.9. The van der Waals surface area contributed by atoms with Crippen LogP contribution in [0.4, 0.5) is 0 Å². The predicted molar refractivity (Wildman–Crippen MR) is 87.3 cm³/mol. The van der Waals surface area contributed by atoms with Crippen molar-refractivity contribution >= 4 is 0 Å². The second-order valence-corrected chi connectivity index (χ2v) is 5.51. The van der Waals surface area contributed by atoms with Gasteiger partial charge in [0.1, 0.15) is 5.75 Å². The topological polar surface area (TPSA) is 58.4 Å². The van der Waals surface area contributed by atoms with Crippen LogP contribution in [0.3, 0.4) is 0 Å². The highest BCUT2D eigenvalue weighted by atomic mass is 16.7. The Morgan fingerprint density at radius 3 is 2.83 bits per heavy atom. The average molecular weight is 323 g/mol. The second-order valence-electron chi connectivity index (χ2n) is 5.51. The summed E-state index contributed by atoms with van der Waals surface area (Å²) < 4.78 is 18.2. The van der Waals surface area contributed by atoms with Crippen molar-refractivity contribution in [1.29, 1.82) is 0 Å². The lowest BCUT2D eigenvalue weighted by Crippen LogP contribution is -2.01. The maximum atomic E-state index is 5.68. The molecule has 2 aromatic carbocycles. The van der Waals surface area contributed by atoms with Crippen molar-refractivity contribution < 1.29 is 14.2 Å². The number of fused-ring (bicyclic) bond motifs is 1. The van der Waals surface area contributed by atoms with E-state index in [1.54, 1.807) is 0 Å². The zero-order chi connectivity index (χ0) is 16.2. The van der Waals surface area contributed by atoms with Crippen molar-refractivity contribution in [3.63, 3.8) is 0 Å². The lowest BCUT2D eigenvalue weighted by Gasteiger charge is -2.04. The monoisotopic (exact) mass is 323 g/mol. The molecule has 0 aliphatic carbocycles. The van der Waals surface area contributed by atoms with Gasteiger partial charge in [-0.3, -0.25) is 0 Å². The van der Waals surface area contributed by atoms with Gasteiger partial charge >= 0.3 is 0 Å². The van der Waals surface area contributed by atoms with Crippen molar-refractivity contribution in [2.45, 2.75) is 13.0 Å². The molecule has 1 aliphatic rings. The first kappa shape index (κ1) is 14.6. The van der Waals surface area contributed by atoms with Crippen LogP contribution < -0.4 is 14.2 Å². The van der Waals surface area contributed by atoms with Crippen molar-refractivity contribution in [2.75, 3.05) is 13.4 Å². The van der Waals surface area contributed by atoms with Gasteiger partial charge in [-0.05, 0) is 29.8 Å². The van der Waals surface area contributed by atoms with Crippen LogP contribution in [0.1, 0.15) is 11.3 Å². The maximum Gasteiger partial charge on any atom is 0.231 e. The Balaban J connectivity index is 1.33. The van der Waals surface area contributed by atoms with Crippen LogP contribution in [-0.4, -0.2) is 28.4 Å². The molecule has 4 rings (SSSR count). The van der Waals surface area contributed by atoms with E-state index >= 15 is 0 Å². The van der Waals surface area contributed by atoms with E-state index in [4.69, 9.17) is 14.2 Å². The minimum Gasteiger partial charge on any atom is -0.493 e. The zero-order valence-electron chi connectivity index (χ0n) is 13.1. The lowest BCUT2D eigenvalue weighted by atomic mass is 10.2. The molecule has 0 radical (unpaired) electrons. The number of hydrogen-bond acceptors (Lipinski definition) is 5. The molecule has 0 bridgehead atoms. The number of hydrogen-bond donors (Lipinski definition) is 0. The largest absolute Gasteiger partial charge is 0.493 e. The number of aromatic nitrogens is 3. The van der Waals surface area contributed by atoms with Crippen molar-refractivity contribution in [3.05, 3.63) is 66.0 Å². The molecule has 2 heterocycles. The van der Waals surface area contributed by atoms with Gasteiger partial charge in [-0.15, -0.1) is 5.10 Å². The fourth-order valence-electron chi connectivity index (χ4n) is 2.55. The normalized spacial score (nSPS) is 12.3. The van der Waals surface area contributed by atoms with Crippen LogP contribution in [-0.2, 0) is 13.0 Å². The summed E-state index contributed by atoms with van der Waals surface area (Å²) in [6, 6.07) is 15.7. The van der Waals surface area contributed by atoms with E-state index in [9.17, 15) is 0 Å². The number of para-hydroxylation sites is 1. The quantitative estimate of drug-likeness (QED) is 0.698. The summed E-state index contributed by atoms with van der Waals surface area (Å²) in [7, 11) is 0. The first-order valence-corrected chi connectivity index (χ1v) is 7.82. The highest BCUT2D eigenvalue weighted by Crippen LogP contribution is 2.32. The Labute approximate surface area is 139 Å². The Hall–Kier alpha value is -3.02. The summed E-state index contributed by atoms with van der Waals surface area (Å²) in [6.07, 6.45) is 2.66. The molecular formula is C18H17N3O3. The molecular weight excluding hydrogens is 306 g/mol. The number of ether oxygens (including phenoxy) is 3. The minimum absolute atomic E-state index is 0.285. The number of benzene rings is 2. The molecule has 6 heteroatoms. The third kappa shape index (κ3) is 3.32. The van der Waals surface area contributed by atoms with Crippen LogP contribution in [0.2, 0.25) is 0 Å². The Morgan fingerprint density at radius 2 is 1.92 bits per heavy atom. The lowest BCUT2D eigenvalue weighted by molar-refractivity contribution is 0.174. The summed E-state index contributed by atoms with van der Waals surface area (Å²) in [5, 5.41) is 8.36. The van der Waals surface area contributed by atoms with Gasteiger partial charge < -0.3 is 14.2 Å². The third-order valence-electron chi connectivity index (χ3n) is 3.74. The molecule has 0 spiro atoms. The van der Waals surface area contributed by atoms with Crippen molar-refractivity contribution in [1.82, 2.24) is 15.0 Å². The summed E-state index contributed by atoms with van der Waals surface area (Å²) in [4.78, 5) is 0. The minimum atomic E-state index is 0.285. The van der Waals surface area contributed by atoms with Crippen molar-refractivity contribution in [2.24, 2.45) is 0 Å². The van der Waals surface area contributed by atoms with Gasteiger partial charge in [-0.2, -0.15) is 0 Å². The molecule has 0 saturated carbocycles. The zero-order valence-corrected chi connectivity index (χ0v) is 13.1. The molecule has 122 valence electrons. The molecule has 1 aliphatic heterocycles. The van der Waals surface area contributed by atoms with Gasteiger partial charge in [-0.1, -0.05) is 29.5 Å². The summed E-state index contributed by atoms with van der Waals surface area (Å²) in [5.41, 5.74) is 2.00. The van der Waals surface area contributed by atoms with Gasteiger partial charge in [-0.25, -0.2) is 4.68 Å². The van der Waals surface area contributed by atoms with Gasteiger partial charge in [0.2, 0.25) is 6.79 Å². The van der Waals surface area contributed by atoms with Crippen LogP contribution in [0.25, 0.3) is 0 Å². The predicted octanol–water partition coefficient (Wildman–Crippen LogP) is 2.68. The van der Waals surface area contributed by atoms with Gasteiger partial charge in [0.15, 0.2) is 11.5 Å². The standard InChI is InChI=1S/C18H17N3O3/c1-2-4-16(5-3-1)22-9-8-15-12-21(20-19-15)11-14-6-7-17-18(10-14)24-13-23-17/h1-7,10,12H,8-9,11,13H2. The van der Waals surface area contributed by atoms with Gasteiger partial charge in [0.05, 0.1) is 18.8 Å². The van der Waals surface area contributed by atoms with E-state index in [2.05, 4.69) is 10.3 Å². The van der Waals surface area contributed by atoms with E-state index in [1.807, 2.05) is 59.4 Å². The summed E-state index contributed by atoms with van der Waals surface area (Å²) in [5.74, 6) is 2.44. The molecule has 0 amide bonds. The highest BCUT2D eigenvalue weighted by molar-refractivity contribution is 5.44. The van der Waals surface area contributed by atoms with Crippen LogP contribution >= 0.6 is 0 Å². The second kappa shape index (κ2) is 6.62. The van der Waals surface area contributed by atoms with E-state index in [0.717, 1.165) is 34.9 Å². The smallest absolute Gasteiger partial charge is 0.231 e. The molecule has 0 fully saturated rings. The molecule has 3 aromatic rings. The number of nitrogens with zero attached hydrogens (tertiary/aromatic N) is 3. The molecule has 0 atom stereocenters. The van der Waals surface area contributed by atoms with Crippen LogP contribution in [0.15, 0.2) is 54.7 Å². The van der Waals surface area contributed by atoms with E-state index in [1.165, 1.54) is 0 Å². The van der Waals surface area contributed by atoms with E-state index in [0.29, 0.717) is 13.2 Å². The number of rotatable bonds is 6. The van der Waals surface area contributed by atoms with Crippen molar-refractivity contribution in [3.8, 4) is 17.2 Å². The van der Waals surface area contributed by atoms with Gasteiger partial charge in [0, 0.05) is 12.6 Å². The first-order valence-electron chi connectivity index (χ1n) is 7.82. The SMILES string of the molecule is c1ccc(OCCc2cn(Cc3ccc4c(c3)OCO4)nn2)cc1. The highest BCUT2D eigenvalue weighted by Gasteiger charge is 2.13. The van der Waals surface area contributed by atoms with E-state index in [-0.39, 0.29) is 6.79 Å². The molecule has 1 aromatic heterocycles. The molecule has 0 saturated heterocycles. The summed E-state index contributed by atoms with van der Waals surface area (Å²) >= 11 is 0. The molecule has 6 nitrogen and oxygen atoms in total. The molecule has 0 unspecified atom stereocenters. The Morgan fingerprint density at radius 1 is 1.04 bits per heavy atom. The van der Waals surface area contributed by atoms with E-state index < -0.39 is 0 Å².